The Morgan fingerprint density at radius 3 is 2.32 bits per heavy atom. The van der Waals surface area contributed by atoms with Gasteiger partial charge in [-0.05, 0) is 6.92 Å². The zero-order valence-electron chi connectivity index (χ0n) is 9.43. The molecule has 0 aliphatic carbocycles. The van der Waals surface area contributed by atoms with Crippen LogP contribution in [0.1, 0.15) is 5.56 Å². The van der Waals surface area contributed by atoms with Crippen LogP contribution < -0.4 is 11.2 Å². The summed E-state index contributed by atoms with van der Waals surface area (Å²) in [7, 11) is 0. The third-order valence-electron chi connectivity index (χ3n) is 2.50. The standard InChI is InChI=1S/C11H6ClF3N2O2/c1-4-9(12)16-11(19)17(10(4)18)8-3-6(14)5(13)2-7(8)15/h2-3H,1H3,(H,16,19). The first-order valence-corrected chi connectivity index (χ1v) is 5.37. The maximum Gasteiger partial charge on any atom is 0.334 e. The van der Waals surface area contributed by atoms with Gasteiger partial charge in [-0.1, -0.05) is 11.6 Å². The highest BCUT2D eigenvalue weighted by molar-refractivity contribution is 6.30. The molecular weight excluding hydrogens is 285 g/mol. The van der Waals surface area contributed by atoms with E-state index in [-0.39, 0.29) is 16.8 Å². The van der Waals surface area contributed by atoms with Gasteiger partial charge < -0.3 is 0 Å². The van der Waals surface area contributed by atoms with Crippen LogP contribution in [0.25, 0.3) is 5.69 Å². The van der Waals surface area contributed by atoms with Crippen molar-refractivity contribution in [1.82, 2.24) is 9.55 Å². The Bertz CT molecular complexity index is 783. The van der Waals surface area contributed by atoms with E-state index in [0.29, 0.717) is 10.6 Å². The highest BCUT2D eigenvalue weighted by Gasteiger charge is 2.17. The topological polar surface area (TPSA) is 54.9 Å². The molecule has 100 valence electrons. The van der Waals surface area contributed by atoms with E-state index >= 15 is 0 Å². The van der Waals surface area contributed by atoms with Crippen molar-refractivity contribution >= 4 is 11.6 Å². The Labute approximate surface area is 109 Å². The van der Waals surface area contributed by atoms with Crippen LogP contribution in [0.5, 0.6) is 0 Å². The molecule has 2 rings (SSSR count). The molecule has 0 atom stereocenters. The molecule has 0 aliphatic rings. The molecule has 1 aromatic heterocycles. The van der Waals surface area contributed by atoms with Gasteiger partial charge in [-0.25, -0.2) is 22.5 Å². The Hall–Kier alpha value is -2.02. The van der Waals surface area contributed by atoms with Gasteiger partial charge in [0, 0.05) is 12.1 Å². The van der Waals surface area contributed by atoms with Crippen molar-refractivity contribution in [3.63, 3.8) is 0 Å². The molecule has 0 amide bonds. The van der Waals surface area contributed by atoms with Crippen molar-refractivity contribution in [3.05, 3.63) is 61.1 Å². The van der Waals surface area contributed by atoms with Crippen LogP contribution in [0.15, 0.2) is 21.7 Å². The number of aromatic amines is 1. The highest BCUT2D eigenvalue weighted by atomic mass is 35.5. The molecule has 0 fully saturated rings. The van der Waals surface area contributed by atoms with Crippen LogP contribution in [0.3, 0.4) is 0 Å². The van der Waals surface area contributed by atoms with E-state index in [0.717, 1.165) is 0 Å². The molecule has 4 nitrogen and oxygen atoms in total. The number of hydrogen-bond donors (Lipinski definition) is 1. The summed E-state index contributed by atoms with van der Waals surface area (Å²) in [5.74, 6) is -4.04. The van der Waals surface area contributed by atoms with Crippen molar-refractivity contribution in [2.45, 2.75) is 6.92 Å². The fourth-order valence-corrected chi connectivity index (χ4v) is 1.66. The van der Waals surface area contributed by atoms with Gasteiger partial charge in [0.15, 0.2) is 17.5 Å². The molecule has 1 N–H and O–H groups in total. The predicted molar refractivity (Wildman–Crippen MR) is 62.3 cm³/mol. The Kier molecular flexibility index (Phi) is 3.23. The van der Waals surface area contributed by atoms with Crippen molar-refractivity contribution < 1.29 is 13.2 Å². The Balaban J connectivity index is 2.88. The summed E-state index contributed by atoms with van der Waals surface area (Å²) in [6.45, 7) is 1.30. The van der Waals surface area contributed by atoms with Gasteiger partial charge in [0.05, 0.1) is 11.3 Å². The lowest BCUT2D eigenvalue weighted by molar-refractivity contribution is 0.491. The van der Waals surface area contributed by atoms with E-state index in [4.69, 9.17) is 11.6 Å². The van der Waals surface area contributed by atoms with Gasteiger partial charge in [0.1, 0.15) is 5.15 Å². The van der Waals surface area contributed by atoms with Crippen molar-refractivity contribution in [2.24, 2.45) is 0 Å². The van der Waals surface area contributed by atoms with Crippen molar-refractivity contribution in [1.29, 1.82) is 0 Å². The molecule has 1 aromatic carbocycles. The van der Waals surface area contributed by atoms with E-state index in [1.807, 2.05) is 0 Å². The number of rotatable bonds is 1. The minimum absolute atomic E-state index is 0.0506. The lowest BCUT2D eigenvalue weighted by Crippen LogP contribution is -2.35. The number of nitrogens with one attached hydrogen (secondary N) is 1. The summed E-state index contributed by atoms with van der Waals surface area (Å²) in [5.41, 5.74) is -2.71. The lowest BCUT2D eigenvalue weighted by atomic mass is 10.2. The first-order chi connectivity index (χ1) is 8.82. The van der Waals surface area contributed by atoms with E-state index in [2.05, 4.69) is 4.98 Å². The largest absolute Gasteiger partial charge is 0.334 e. The summed E-state index contributed by atoms with van der Waals surface area (Å²) in [6, 6.07) is 0.676. The number of H-pyrrole nitrogens is 1. The zero-order valence-corrected chi connectivity index (χ0v) is 10.2. The molecule has 0 aliphatic heterocycles. The average molecular weight is 291 g/mol. The smallest absolute Gasteiger partial charge is 0.297 e. The Morgan fingerprint density at radius 2 is 1.68 bits per heavy atom. The average Bonchev–Trinajstić information content (AvgIpc) is 2.33. The van der Waals surface area contributed by atoms with Gasteiger partial charge in [0.25, 0.3) is 5.56 Å². The number of halogens is 4. The van der Waals surface area contributed by atoms with Crippen LogP contribution in [0, 0.1) is 24.4 Å². The quantitative estimate of drug-likeness (QED) is 0.644. The van der Waals surface area contributed by atoms with E-state index in [1.54, 1.807) is 0 Å². The second-order valence-electron chi connectivity index (χ2n) is 3.73. The predicted octanol–water partition coefficient (Wildman–Crippen LogP) is 1.90. The number of benzene rings is 1. The number of aromatic nitrogens is 2. The molecule has 0 unspecified atom stereocenters. The normalized spacial score (nSPS) is 10.8. The SMILES string of the molecule is Cc1c(Cl)[nH]c(=O)n(-c2cc(F)c(F)cc2F)c1=O. The second kappa shape index (κ2) is 4.58. The summed E-state index contributed by atoms with van der Waals surface area (Å²) in [4.78, 5) is 25.5. The highest BCUT2D eigenvalue weighted by Crippen LogP contribution is 2.16. The maximum absolute atomic E-state index is 13.6. The molecule has 0 bridgehead atoms. The second-order valence-corrected chi connectivity index (χ2v) is 4.11. The first-order valence-electron chi connectivity index (χ1n) is 4.99. The molecule has 8 heteroatoms. The minimum atomic E-state index is -1.42. The molecule has 19 heavy (non-hydrogen) atoms. The molecular formula is C11H6ClF3N2O2. The van der Waals surface area contributed by atoms with E-state index in [9.17, 15) is 22.8 Å². The van der Waals surface area contributed by atoms with Gasteiger partial charge in [-0.3, -0.25) is 9.78 Å². The van der Waals surface area contributed by atoms with E-state index in [1.165, 1.54) is 6.92 Å². The van der Waals surface area contributed by atoms with Crippen LogP contribution in [-0.4, -0.2) is 9.55 Å². The third-order valence-corrected chi connectivity index (χ3v) is 2.88. The van der Waals surface area contributed by atoms with Gasteiger partial charge >= 0.3 is 5.69 Å². The van der Waals surface area contributed by atoms with Gasteiger partial charge in [-0.15, -0.1) is 0 Å². The van der Waals surface area contributed by atoms with E-state index < -0.39 is 34.4 Å². The molecule has 0 radical (unpaired) electrons. The van der Waals surface area contributed by atoms with Crippen molar-refractivity contribution in [2.75, 3.05) is 0 Å². The molecule has 0 saturated carbocycles. The maximum atomic E-state index is 13.6. The fraction of sp³-hybridized carbons (Fsp3) is 0.0909. The minimum Gasteiger partial charge on any atom is -0.297 e. The van der Waals surface area contributed by atoms with Crippen molar-refractivity contribution in [3.8, 4) is 5.69 Å². The van der Waals surface area contributed by atoms with Gasteiger partial charge in [-0.2, -0.15) is 0 Å². The molecule has 0 spiro atoms. The van der Waals surface area contributed by atoms with Crippen LogP contribution in [-0.2, 0) is 0 Å². The summed E-state index contributed by atoms with van der Waals surface area (Å²) >= 11 is 5.58. The third kappa shape index (κ3) is 2.17. The van der Waals surface area contributed by atoms with Crippen LogP contribution in [0.4, 0.5) is 13.2 Å². The van der Waals surface area contributed by atoms with Gasteiger partial charge in [0.2, 0.25) is 0 Å². The summed E-state index contributed by atoms with van der Waals surface area (Å²) in [5, 5.41) is -0.200. The number of nitrogens with zero attached hydrogens (tertiary/aromatic N) is 1. The zero-order chi connectivity index (χ0) is 14.3. The lowest BCUT2D eigenvalue weighted by Gasteiger charge is -2.08. The first kappa shape index (κ1) is 13.4. The molecule has 2 aromatic rings. The van der Waals surface area contributed by atoms with Crippen LogP contribution >= 0.6 is 11.6 Å². The molecule has 0 saturated heterocycles. The monoisotopic (exact) mass is 290 g/mol. The van der Waals surface area contributed by atoms with Crippen LogP contribution in [0.2, 0.25) is 5.15 Å². The molecule has 1 heterocycles. The number of hydrogen-bond acceptors (Lipinski definition) is 2. The summed E-state index contributed by atoms with van der Waals surface area (Å²) < 4.78 is 39.8. The fourth-order valence-electron chi connectivity index (χ4n) is 1.50. The Morgan fingerprint density at radius 1 is 1.11 bits per heavy atom. The summed E-state index contributed by atoms with van der Waals surface area (Å²) in [6.07, 6.45) is 0.